The molecule has 0 saturated heterocycles. The van der Waals surface area contributed by atoms with Crippen LogP contribution in [0.15, 0.2) is 48.5 Å². The van der Waals surface area contributed by atoms with Gasteiger partial charge in [0.15, 0.2) is 0 Å². The van der Waals surface area contributed by atoms with Crippen LogP contribution in [-0.2, 0) is 0 Å². The maximum atomic E-state index is 12.8. The second-order valence-electron chi connectivity index (χ2n) is 4.83. The van der Waals surface area contributed by atoms with Crippen LogP contribution in [0.1, 0.15) is 30.6 Å². The molecule has 3 nitrogen and oxygen atoms in total. The molecule has 0 radical (unpaired) electrons. The van der Waals surface area contributed by atoms with Crippen molar-refractivity contribution in [2.45, 2.75) is 26.4 Å². The van der Waals surface area contributed by atoms with Crippen molar-refractivity contribution >= 4 is 11.6 Å². The average molecular weight is 287 g/mol. The Balaban J connectivity index is 2.07. The maximum absolute atomic E-state index is 12.8. The standard InChI is InChI=1S/C17H18FNO2/c1-3-12(2)21-16-6-4-5-15(11-16)19-17(20)13-7-9-14(18)10-8-13/h4-12H,3H2,1-2H3,(H,19,20)/t12-/m1/s1. The number of anilines is 1. The Labute approximate surface area is 123 Å². The lowest BCUT2D eigenvalue weighted by molar-refractivity contribution is 0.102. The maximum Gasteiger partial charge on any atom is 0.255 e. The van der Waals surface area contributed by atoms with Gasteiger partial charge in [0.1, 0.15) is 11.6 Å². The topological polar surface area (TPSA) is 38.3 Å². The van der Waals surface area contributed by atoms with Crippen molar-refractivity contribution in [2.24, 2.45) is 0 Å². The minimum absolute atomic E-state index is 0.119. The van der Waals surface area contributed by atoms with Gasteiger partial charge in [-0.1, -0.05) is 13.0 Å². The van der Waals surface area contributed by atoms with Crippen molar-refractivity contribution in [2.75, 3.05) is 5.32 Å². The van der Waals surface area contributed by atoms with Crippen LogP contribution in [0, 0.1) is 5.82 Å². The van der Waals surface area contributed by atoms with Crippen LogP contribution in [0.2, 0.25) is 0 Å². The number of hydrogen-bond donors (Lipinski definition) is 1. The smallest absolute Gasteiger partial charge is 0.255 e. The summed E-state index contributed by atoms with van der Waals surface area (Å²) in [6.45, 7) is 4.04. The predicted octanol–water partition coefficient (Wildman–Crippen LogP) is 4.26. The summed E-state index contributed by atoms with van der Waals surface area (Å²) in [5.41, 5.74) is 1.05. The number of amides is 1. The third-order valence-electron chi connectivity index (χ3n) is 3.11. The van der Waals surface area contributed by atoms with Crippen LogP contribution in [0.3, 0.4) is 0 Å². The quantitative estimate of drug-likeness (QED) is 0.892. The highest BCUT2D eigenvalue weighted by Crippen LogP contribution is 2.20. The normalized spacial score (nSPS) is 11.8. The van der Waals surface area contributed by atoms with Crippen molar-refractivity contribution < 1.29 is 13.9 Å². The second-order valence-corrected chi connectivity index (χ2v) is 4.83. The first-order valence-electron chi connectivity index (χ1n) is 6.92. The lowest BCUT2D eigenvalue weighted by atomic mass is 10.2. The zero-order chi connectivity index (χ0) is 15.2. The molecule has 0 aliphatic heterocycles. The van der Waals surface area contributed by atoms with Gasteiger partial charge in [0, 0.05) is 17.3 Å². The molecule has 0 spiro atoms. The zero-order valence-corrected chi connectivity index (χ0v) is 12.1. The molecule has 0 aromatic heterocycles. The Morgan fingerprint density at radius 1 is 1.24 bits per heavy atom. The SMILES string of the molecule is CC[C@@H](C)Oc1cccc(NC(=O)c2ccc(F)cc2)c1. The Morgan fingerprint density at radius 2 is 1.95 bits per heavy atom. The molecule has 0 saturated carbocycles. The third-order valence-corrected chi connectivity index (χ3v) is 3.11. The van der Waals surface area contributed by atoms with Crippen molar-refractivity contribution in [1.29, 1.82) is 0 Å². The van der Waals surface area contributed by atoms with Crippen LogP contribution in [0.25, 0.3) is 0 Å². The van der Waals surface area contributed by atoms with Crippen molar-refractivity contribution in [3.63, 3.8) is 0 Å². The summed E-state index contributed by atoms with van der Waals surface area (Å²) in [5.74, 6) is 0.0625. The molecule has 0 aliphatic rings. The lowest BCUT2D eigenvalue weighted by Crippen LogP contribution is -2.13. The number of carbonyl (C=O) groups is 1. The molecule has 21 heavy (non-hydrogen) atoms. The number of hydrogen-bond acceptors (Lipinski definition) is 2. The van der Waals surface area contributed by atoms with E-state index in [0.29, 0.717) is 17.0 Å². The number of nitrogens with one attached hydrogen (secondary N) is 1. The van der Waals surface area contributed by atoms with Crippen LogP contribution in [-0.4, -0.2) is 12.0 Å². The van der Waals surface area contributed by atoms with Gasteiger partial charge in [0.05, 0.1) is 6.10 Å². The Kier molecular flexibility index (Phi) is 4.93. The molecule has 2 aromatic carbocycles. The van der Waals surface area contributed by atoms with E-state index < -0.39 is 0 Å². The summed E-state index contributed by atoms with van der Waals surface area (Å²) < 4.78 is 18.5. The fourth-order valence-corrected chi connectivity index (χ4v) is 1.77. The van der Waals surface area contributed by atoms with E-state index in [0.717, 1.165) is 6.42 Å². The van der Waals surface area contributed by atoms with Crippen molar-refractivity contribution in [3.05, 3.63) is 59.9 Å². The molecule has 0 heterocycles. The fourth-order valence-electron chi connectivity index (χ4n) is 1.77. The lowest BCUT2D eigenvalue weighted by Gasteiger charge is -2.13. The van der Waals surface area contributed by atoms with E-state index in [1.54, 1.807) is 12.1 Å². The molecule has 2 rings (SSSR count). The van der Waals surface area contributed by atoms with Gasteiger partial charge in [0.25, 0.3) is 5.91 Å². The van der Waals surface area contributed by atoms with Gasteiger partial charge in [-0.25, -0.2) is 4.39 Å². The predicted molar refractivity (Wildman–Crippen MR) is 81.2 cm³/mol. The summed E-state index contributed by atoms with van der Waals surface area (Å²) in [6.07, 6.45) is 1.03. The van der Waals surface area contributed by atoms with Gasteiger partial charge in [0.2, 0.25) is 0 Å². The molecule has 0 bridgehead atoms. The fraction of sp³-hybridized carbons (Fsp3) is 0.235. The largest absolute Gasteiger partial charge is 0.491 e. The van der Waals surface area contributed by atoms with Gasteiger partial charge in [-0.2, -0.15) is 0 Å². The number of halogens is 1. The van der Waals surface area contributed by atoms with Crippen LogP contribution >= 0.6 is 0 Å². The molecule has 1 N–H and O–H groups in total. The van der Waals surface area contributed by atoms with E-state index in [-0.39, 0.29) is 17.8 Å². The van der Waals surface area contributed by atoms with Gasteiger partial charge in [-0.3, -0.25) is 4.79 Å². The Morgan fingerprint density at radius 3 is 2.62 bits per heavy atom. The molecule has 110 valence electrons. The van der Waals surface area contributed by atoms with E-state index in [4.69, 9.17) is 4.74 Å². The van der Waals surface area contributed by atoms with Gasteiger partial charge in [-0.05, 0) is 49.7 Å². The summed E-state index contributed by atoms with van der Waals surface area (Å²) in [7, 11) is 0. The first-order valence-corrected chi connectivity index (χ1v) is 6.92. The first kappa shape index (κ1) is 15.0. The molecule has 1 amide bonds. The molecule has 2 aromatic rings. The number of benzene rings is 2. The zero-order valence-electron chi connectivity index (χ0n) is 12.1. The Hall–Kier alpha value is -2.36. The highest BCUT2D eigenvalue weighted by Gasteiger charge is 2.07. The highest BCUT2D eigenvalue weighted by atomic mass is 19.1. The number of carbonyl (C=O) groups excluding carboxylic acids is 1. The van der Waals surface area contributed by atoms with E-state index in [1.165, 1.54) is 24.3 Å². The minimum atomic E-state index is -0.365. The summed E-state index contributed by atoms with van der Waals surface area (Å²) in [4.78, 5) is 12.0. The van der Waals surface area contributed by atoms with Gasteiger partial charge in [-0.15, -0.1) is 0 Å². The second kappa shape index (κ2) is 6.88. The monoisotopic (exact) mass is 287 g/mol. The molecular formula is C17H18FNO2. The molecular weight excluding hydrogens is 269 g/mol. The summed E-state index contributed by atoms with van der Waals surface area (Å²) in [6, 6.07) is 12.6. The number of ether oxygens (including phenoxy) is 1. The third kappa shape index (κ3) is 4.31. The highest BCUT2D eigenvalue weighted by molar-refractivity contribution is 6.04. The number of rotatable bonds is 5. The van der Waals surface area contributed by atoms with E-state index in [1.807, 2.05) is 26.0 Å². The van der Waals surface area contributed by atoms with Crippen LogP contribution < -0.4 is 10.1 Å². The van der Waals surface area contributed by atoms with Crippen molar-refractivity contribution in [3.8, 4) is 5.75 Å². The Bertz CT molecular complexity index is 610. The first-order chi connectivity index (χ1) is 10.1. The van der Waals surface area contributed by atoms with Crippen LogP contribution in [0.5, 0.6) is 5.75 Å². The summed E-state index contributed by atoms with van der Waals surface area (Å²) >= 11 is 0. The molecule has 0 fully saturated rings. The van der Waals surface area contributed by atoms with Gasteiger partial charge >= 0.3 is 0 Å². The van der Waals surface area contributed by atoms with E-state index in [2.05, 4.69) is 5.32 Å². The molecule has 4 heteroatoms. The molecule has 0 aliphatic carbocycles. The van der Waals surface area contributed by atoms with E-state index in [9.17, 15) is 9.18 Å². The average Bonchev–Trinajstić information content (AvgIpc) is 2.48. The molecule has 0 unspecified atom stereocenters. The molecule has 1 atom stereocenters. The van der Waals surface area contributed by atoms with Gasteiger partial charge < -0.3 is 10.1 Å². The van der Waals surface area contributed by atoms with Crippen molar-refractivity contribution in [1.82, 2.24) is 0 Å². The van der Waals surface area contributed by atoms with Crippen LogP contribution in [0.4, 0.5) is 10.1 Å². The minimum Gasteiger partial charge on any atom is -0.491 e. The summed E-state index contributed by atoms with van der Waals surface area (Å²) in [5, 5.41) is 2.77. The van der Waals surface area contributed by atoms with E-state index >= 15 is 0 Å².